The number of aryl methyl sites for hydroxylation is 1. The minimum absolute atomic E-state index is 0.0402. The van der Waals surface area contributed by atoms with Gasteiger partial charge in [0.05, 0.1) is 27.8 Å². The van der Waals surface area contributed by atoms with Crippen molar-refractivity contribution < 1.29 is 4.79 Å². The van der Waals surface area contributed by atoms with Crippen LogP contribution in [0.3, 0.4) is 0 Å². The zero-order valence-electron chi connectivity index (χ0n) is 12.7. The quantitative estimate of drug-likeness (QED) is 0.771. The van der Waals surface area contributed by atoms with Crippen LogP contribution in [-0.4, -0.2) is 33.8 Å². The molecule has 1 aromatic carbocycles. The first kappa shape index (κ1) is 14.3. The van der Waals surface area contributed by atoms with E-state index in [1.165, 1.54) is 0 Å². The first-order valence-corrected chi connectivity index (χ1v) is 8.42. The van der Waals surface area contributed by atoms with Crippen molar-refractivity contribution >= 4 is 33.1 Å². The van der Waals surface area contributed by atoms with Crippen molar-refractivity contribution in [3.05, 3.63) is 41.7 Å². The highest BCUT2D eigenvalue weighted by atomic mass is 32.1. The Kier molecular flexibility index (Phi) is 3.59. The number of carbonyl (C=O) groups excluding carboxylic acids is 1. The summed E-state index contributed by atoms with van der Waals surface area (Å²) in [6, 6.07) is 5.85. The number of nitrogens with one attached hydrogen (secondary N) is 2. The van der Waals surface area contributed by atoms with Crippen LogP contribution >= 0.6 is 11.3 Å². The highest BCUT2D eigenvalue weighted by molar-refractivity contribution is 7.16. The molecule has 0 saturated carbocycles. The molecule has 3 heterocycles. The number of anilines is 1. The Morgan fingerprint density at radius 3 is 3.17 bits per heavy atom. The Hall–Kier alpha value is -2.25. The summed E-state index contributed by atoms with van der Waals surface area (Å²) in [5.74, 6) is 0.107. The van der Waals surface area contributed by atoms with Crippen molar-refractivity contribution in [3.8, 4) is 0 Å². The third-order valence-electron chi connectivity index (χ3n) is 4.30. The minimum Gasteiger partial charge on any atom is -0.326 e. The molecule has 7 heteroatoms. The molecule has 6 nitrogen and oxygen atoms in total. The van der Waals surface area contributed by atoms with Crippen LogP contribution in [0.25, 0.3) is 10.2 Å². The fraction of sp³-hybridized carbons (Fsp3) is 0.312. The lowest BCUT2D eigenvalue weighted by Gasteiger charge is -2.17. The zero-order valence-corrected chi connectivity index (χ0v) is 13.5. The lowest BCUT2D eigenvalue weighted by atomic mass is 9.90. The van der Waals surface area contributed by atoms with E-state index in [-0.39, 0.29) is 17.7 Å². The van der Waals surface area contributed by atoms with Gasteiger partial charge in [-0.05, 0) is 23.8 Å². The SMILES string of the molecule is Cn1cc([C@H]2CNC[C@@H]2C(=O)Nc2ccc3scnc3c2)cn1. The lowest BCUT2D eigenvalue weighted by Crippen LogP contribution is -2.28. The van der Waals surface area contributed by atoms with E-state index < -0.39 is 0 Å². The molecule has 4 rings (SSSR count). The molecule has 1 fully saturated rings. The molecule has 0 radical (unpaired) electrons. The third-order valence-corrected chi connectivity index (χ3v) is 5.11. The molecule has 3 aromatic rings. The van der Waals surface area contributed by atoms with Gasteiger partial charge in [-0.3, -0.25) is 9.48 Å². The summed E-state index contributed by atoms with van der Waals surface area (Å²) >= 11 is 1.60. The van der Waals surface area contributed by atoms with Crippen LogP contribution in [0.4, 0.5) is 5.69 Å². The summed E-state index contributed by atoms with van der Waals surface area (Å²) in [6.07, 6.45) is 3.83. The Morgan fingerprint density at radius 2 is 2.35 bits per heavy atom. The maximum Gasteiger partial charge on any atom is 0.229 e. The van der Waals surface area contributed by atoms with E-state index in [1.54, 1.807) is 16.0 Å². The second-order valence-corrected chi connectivity index (χ2v) is 6.73. The standard InChI is InChI=1S/C16H17N5OS/c1-21-8-10(5-19-21)12-6-17-7-13(12)16(22)20-11-2-3-15-14(4-11)18-9-23-15/h2-5,8-9,12-13,17H,6-7H2,1H3,(H,20,22)/t12-,13+/m1/s1. The number of hydrogen-bond acceptors (Lipinski definition) is 5. The van der Waals surface area contributed by atoms with Gasteiger partial charge in [-0.25, -0.2) is 4.98 Å². The molecule has 1 aliphatic heterocycles. The molecule has 0 aliphatic carbocycles. The smallest absolute Gasteiger partial charge is 0.229 e. The Bertz CT molecular complexity index is 855. The van der Waals surface area contributed by atoms with E-state index in [2.05, 4.69) is 20.7 Å². The zero-order chi connectivity index (χ0) is 15.8. The van der Waals surface area contributed by atoms with E-state index in [1.807, 2.05) is 43.2 Å². The topological polar surface area (TPSA) is 71.8 Å². The summed E-state index contributed by atoms with van der Waals surface area (Å²) < 4.78 is 2.90. The molecule has 23 heavy (non-hydrogen) atoms. The van der Waals surface area contributed by atoms with Crippen molar-refractivity contribution in [3.63, 3.8) is 0 Å². The van der Waals surface area contributed by atoms with Gasteiger partial charge in [0.15, 0.2) is 0 Å². The maximum atomic E-state index is 12.7. The first-order chi connectivity index (χ1) is 11.2. The summed E-state index contributed by atoms with van der Waals surface area (Å²) in [5.41, 5.74) is 4.63. The molecule has 1 saturated heterocycles. The van der Waals surface area contributed by atoms with Crippen LogP contribution in [0, 0.1) is 5.92 Å². The Morgan fingerprint density at radius 1 is 1.43 bits per heavy atom. The van der Waals surface area contributed by atoms with E-state index in [9.17, 15) is 4.79 Å². The van der Waals surface area contributed by atoms with Crippen LogP contribution in [0.15, 0.2) is 36.1 Å². The Labute approximate surface area is 137 Å². The van der Waals surface area contributed by atoms with E-state index >= 15 is 0 Å². The molecular weight excluding hydrogens is 310 g/mol. The average molecular weight is 327 g/mol. The summed E-state index contributed by atoms with van der Waals surface area (Å²) in [4.78, 5) is 17.0. The maximum absolute atomic E-state index is 12.7. The highest BCUT2D eigenvalue weighted by Gasteiger charge is 2.34. The fourth-order valence-corrected chi connectivity index (χ4v) is 3.77. The predicted molar refractivity (Wildman–Crippen MR) is 90.6 cm³/mol. The molecule has 0 spiro atoms. The molecule has 118 valence electrons. The number of nitrogens with zero attached hydrogens (tertiary/aromatic N) is 3. The van der Waals surface area contributed by atoms with Gasteiger partial charge in [-0.1, -0.05) is 0 Å². The van der Waals surface area contributed by atoms with Crippen LogP contribution in [-0.2, 0) is 11.8 Å². The van der Waals surface area contributed by atoms with Crippen molar-refractivity contribution in [2.45, 2.75) is 5.92 Å². The van der Waals surface area contributed by atoms with Gasteiger partial charge in [-0.2, -0.15) is 5.10 Å². The number of carbonyl (C=O) groups is 1. The van der Waals surface area contributed by atoms with Gasteiger partial charge in [0.1, 0.15) is 0 Å². The van der Waals surface area contributed by atoms with E-state index in [0.29, 0.717) is 6.54 Å². The lowest BCUT2D eigenvalue weighted by molar-refractivity contribution is -0.119. The molecule has 2 atom stereocenters. The summed E-state index contributed by atoms with van der Waals surface area (Å²) in [5, 5.41) is 10.6. The number of rotatable bonds is 3. The van der Waals surface area contributed by atoms with Crippen molar-refractivity contribution in [1.29, 1.82) is 0 Å². The second-order valence-electron chi connectivity index (χ2n) is 5.84. The van der Waals surface area contributed by atoms with Crippen molar-refractivity contribution in [1.82, 2.24) is 20.1 Å². The number of thiazole rings is 1. The van der Waals surface area contributed by atoms with Gasteiger partial charge in [-0.15, -0.1) is 11.3 Å². The van der Waals surface area contributed by atoms with Crippen molar-refractivity contribution in [2.75, 3.05) is 18.4 Å². The van der Waals surface area contributed by atoms with Gasteiger partial charge >= 0.3 is 0 Å². The number of amides is 1. The normalized spacial score (nSPS) is 20.9. The monoisotopic (exact) mass is 327 g/mol. The predicted octanol–water partition coefficient (Wildman–Crippen LogP) is 1.97. The van der Waals surface area contributed by atoms with Gasteiger partial charge in [0.25, 0.3) is 0 Å². The molecule has 1 aliphatic rings. The molecule has 1 amide bonds. The van der Waals surface area contributed by atoms with Crippen LogP contribution in [0.5, 0.6) is 0 Å². The van der Waals surface area contributed by atoms with Crippen molar-refractivity contribution in [2.24, 2.45) is 13.0 Å². The average Bonchev–Trinajstić information content (AvgIpc) is 3.26. The van der Waals surface area contributed by atoms with E-state index in [0.717, 1.165) is 28.0 Å². The number of aromatic nitrogens is 3. The van der Waals surface area contributed by atoms with Crippen LogP contribution in [0.2, 0.25) is 0 Å². The molecule has 2 N–H and O–H groups in total. The molecule has 0 bridgehead atoms. The molecular formula is C16H17N5OS. The van der Waals surface area contributed by atoms with Crippen LogP contribution < -0.4 is 10.6 Å². The largest absolute Gasteiger partial charge is 0.326 e. The summed E-state index contributed by atoms with van der Waals surface area (Å²) in [7, 11) is 1.89. The number of hydrogen-bond donors (Lipinski definition) is 2. The second kappa shape index (κ2) is 5.75. The molecule has 0 unspecified atom stereocenters. The molecule has 2 aromatic heterocycles. The Balaban J connectivity index is 1.53. The van der Waals surface area contributed by atoms with Crippen LogP contribution in [0.1, 0.15) is 11.5 Å². The number of benzene rings is 1. The van der Waals surface area contributed by atoms with Gasteiger partial charge in [0, 0.05) is 37.9 Å². The van der Waals surface area contributed by atoms with Gasteiger partial charge in [0.2, 0.25) is 5.91 Å². The number of fused-ring (bicyclic) bond motifs is 1. The minimum atomic E-state index is -0.0923. The highest BCUT2D eigenvalue weighted by Crippen LogP contribution is 2.29. The fourth-order valence-electron chi connectivity index (χ4n) is 3.11. The first-order valence-electron chi connectivity index (χ1n) is 7.54. The van der Waals surface area contributed by atoms with Gasteiger partial charge < -0.3 is 10.6 Å². The summed E-state index contributed by atoms with van der Waals surface area (Å²) in [6.45, 7) is 1.49. The third kappa shape index (κ3) is 2.73. The van der Waals surface area contributed by atoms with E-state index in [4.69, 9.17) is 0 Å².